The Kier molecular flexibility index (Phi) is 1.98. The van der Waals surface area contributed by atoms with Crippen LogP contribution < -0.4 is 0 Å². The number of hydrogen-bond acceptors (Lipinski definition) is 3. The van der Waals surface area contributed by atoms with E-state index in [0.29, 0.717) is 5.56 Å². The van der Waals surface area contributed by atoms with Gasteiger partial charge in [-0.3, -0.25) is 0 Å². The second kappa shape index (κ2) is 3.47. The monoisotopic (exact) mass is 225 g/mol. The van der Waals surface area contributed by atoms with Gasteiger partial charge >= 0.3 is 0 Å². The third kappa shape index (κ3) is 1.38. The molecule has 3 aromatic rings. The summed E-state index contributed by atoms with van der Waals surface area (Å²) >= 11 is 1.64. The van der Waals surface area contributed by atoms with Crippen LogP contribution in [-0.4, -0.2) is 9.97 Å². The minimum Gasteiger partial charge on any atom is -0.337 e. The number of nitrogens with one attached hydrogen (secondary N) is 1. The molecule has 0 saturated carbocycles. The van der Waals surface area contributed by atoms with Gasteiger partial charge in [-0.25, -0.2) is 4.98 Å². The van der Waals surface area contributed by atoms with Crippen molar-refractivity contribution in [1.29, 1.82) is 5.26 Å². The first-order valence-corrected chi connectivity index (χ1v) is 5.68. The average molecular weight is 225 g/mol. The molecule has 0 aliphatic carbocycles. The zero-order valence-corrected chi connectivity index (χ0v) is 9.08. The topological polar surface area (TPSA) is 52.5 Å². The molecule has 0 radical (unpaired) electrons. The highest BCUT2D eigenvalue weighted by Crippen LogP contribution is 2.24. The first-order valence-electron chi connectivity index (χ1n) is 4.80. The molecule has 2 heterocycles. The van der Waals surface area contributed by atoms with Crippen LogP contribution in [-0.2, 0) is 0 Å². The number of nitriles is 1. The van der Waals surface area contributed by atoms with Crippen molar-refractivity contribution >= 4 is 22.4 Å². The molecule has 3 nitrogen and oxygen atoms in total. The van der Waals surface area contributed by atoms with Crippen molar-refractivity contribution in [1.82, 2.24) is 9.97 Å². The highest BCUT2D eigenvalue weighted by molar-refractivity contribution is 7.13. The molecule has 0 saturated heterocycles. The van der Waals surface area contributed by atoms with Crippen LogP contribution in [0.2, 0.25) is 0 Å². The zero-order chi connectivity index (χ0) is 11.0. The highest BCUT2D eigenvalue weighted by atomic mass is 32.1. The highest BCUT2D eigenvalue weighted by Gasteiger charge is 2.06. The standard InChI is InChI=1S/C12H7N3S/c13-7-8-3-4-9-10(6-8)15-12(14-9)11-2-1-5-16-11/h1-6H,(H,14,15). The number of rotatable bonds is 1. The molecule has 1 N–H and O–H groups in total. The summed E-state index contributed by atoms with van der Waals surface area (Å²) in [5.41, 5.74) is 2.44. The summed E-state index contributed by atoms with van der Waals surface area (Å²) < 4.78 is 0. The number of aromatic nitrogens is 2. The van der Waals surface area contributed by atoms with Crippen LogP contribution in [0.1, 0.15) is 5.56 Å². The van der Waals surface area contributed by atoms with E-state index < -0.39 is 0 Å². The van der Waals surface area contributed by atoms with Crippen LogP contribution in [0.15, 0.2) is 35.7 Å². The lowest BCUT2D eigenvalue weighted by atomic mass is 10.2. The summed E-state index contributed by atoms with van der Waals surface area (Å²) in [7, 11) is 0. The van der Waals surface area contributed by atoms with Gasteiger partial charge in [0.25, 0.3) is 0 Å². The number of aromatic amines is 1. The van der Waals surface area contributed by atoms with Crippen LogP contribution >= 0.6 is 11.3 Å². The maximum Gasteiger partial charge on any atom is 0.148 e. The molecule has 0 fully saturated rings. The number of thiophene rings is 1. The van der Waals surface area contributed by atoms with Crippen molar-refractivity contribution in [3.05, 3.63) is 41.3 Å². The fourth-order valence-electron chi connectivity index (χ4n) is 1.61. The minimum absolute atomic E-state index is 0.647. The third-order valence-corrected chi connectivity index (χ3v) is 3.24. The molecule has 0 spiro atoms. The van der Waals surface area contributed by atoms with E-state index >= 15 is 0 Å². The summed E-state index contributed by atoms with van der Waals surface area (Å²) in [5, 5.41) is 10.8. The predicted molar refractivity (Wildman–Crippen MR) is 64.1 cm³/mol. The normalized spacial score (nSPS) is 10.4. The molecule has 4 heteroatoms. The molecule has 0 amide bonds. The van der Waals surface area contributed by atoms with E-state index in [1.807, 2.05) is 29.6 Å². The summed E-state index contributed by atoms with van der Waals surface area (Å²) in [6.07, 6.45) is 0. The number of H-pyrrole nitrogens is 1. The smallest absolute Gasteiger partial charge is 0.148 e. The van der Waals surface area contributed by atoms with E-state index in [1.54, 1.807) is 17.4 Å². The van der Waals surface area contributed by atoms with Crippen molar-refractivity contribution in [3.63, 3.8) is 0 Å². The Labute approximate surface area is 96.0 Å². The van der Waals surface area contributed by atoms with Gasteiger partial charge in [0.1, 0.15) is 5.82 Å². The summed E-state index contributed by atoms with van der Waals surface area (Å²) in [6.45, 7) is 0. The SMILES string of the molecule is N#Cc1ccc2nc(-c3cccs3)[nH]c2c1. The van der Waals surface area contributed by atoms with Gasteiger partial charge in [-0.1, -0.05) is 6.07 Å². The Morgan fingerprint density at radius 2 is 2.25 bits per heavy atom. The lowest BCUT2D eigenvalue weighted by Crippen LogP contribution is -1.73. The van der Waals surface area contributed by atoms with E-state index in [0.717, 1.165) is 21.7 Å². The van der Waals surface area contributed by atoms with E-state index in [9.17, 15) is 0 Å². The lowest BCUT2D eigenvalue weighted by Gasteiger charge is -1.87. The van der Waals surface area contributed by atoms with E-state index in [-0.39, 0.29) is 0 Å². The van der Waals surface area contributed by atoms with Crippen LogP contribution in [0.4, 0.5) is 0 Å². The van der Waals surface area contributed by atoms with Crippen molar-refractivity contribution in [2.24, 2.45) is 0 Å². The molecule has 16 heavy (non-hydrogen) atoms. The molecule has 2 aromatic heterocycles. The van der Waals surface area contributed by atoms with Crippen molar-refractivity contribution in [3.8, 4) is 16.8 Å². The number of fused-ring (bicyclic) bond motifs is 1. The lowest BCUT2D eigenvalue weighted by molar-refractivity contribution is 1.36. The van der Waals surface area contributed by atoms with Crippen LogP contribution in [0.25, 0.3) is 21.7 Å². The first-order chi connectivity index (χ1) is 7.86. The first kappa shape index (κ1) is 9.13. The molecule has 76 valence electrons. The van der Waals surface area contributed by atoms with Gasteiger partial charge < -0.3 is 4.98 Å². The Morgan fingerprint density at radius 1 is 1.31 bits per heavy atom. The largest absolute Gasteiger partial charge is 0.337 e. The van der Waals surface area contributed by atoms with Gasteiger partial charge in [0, 0.05) is 0 Å². The number of nitrogens with zero attached hydrogens (tertiary/aromatic N) is 2. The minimum atomic E-state index is 0.647. The summed E-state index contributed by atoms with van der Waals surface area (Å²) in [4.78, 5) is 8.80. The van der Waals surface area contributed by atoms with Gasteiger partial charge in [0.2, 0.25) is 0 Å². The van der Waals surface area contributed by atoms with Crippen molar-refractivity contribution < 1.29 is 0 Å². The quantitative estimate of drug-likeness (QED) is 0.691. The van der Waals surface area contributed by atoms with Crippen LogP contribution in [0.5, 0.6) is 0 Å². The van der Waals surface area contributed by atoms with Gasteiger partial charge in [0.05, 0.1) is 27.5 Å². The van der Waals surface area contributed by atoms with Crippen molar-refractivity contribution in [2.45, 2.75) is 0 Å². The fourth-order valence-corrected chi connectivity index (χ4v) is 2.28. The maximum absolute atomic E-state index is 8.81. The molecule has 0 unspecified atom stereocenters. The number of benzene rings is 1. The molecule has 0 atom stereocenters. The Bertz CT molecular complexity index is 674. The summed E-state index contributed by atoms with van der Waals surface area (Å²) in [5.74, 6) is 0.861. The average Bonchev–Trinajstić information content (AvgIpc) is 2.96. The van der Waals surface area contributed by atoms with Crippen LogP contribution in [0.3, 0.4) is 0 Å². The van der Waals surface area contributed by atoms with Crippen molar-refractivity contribution in [2.75, 3.05) is 0 Å². The van der Waals surface area contributed by atoms with E-state index in [4.69, 9.17) is 5.26 Å². The Hall–Kier alpha value is -2.12. The number of hydrogen-bond donors (Lipinski definition) is 1. The second-order valence-corrected chi connectivity index (χ2v) is 4.35. The van der Waals surface area contributed by atoms with Gasteiger partial charge in [0.15, 0.2) is 0 Å². The van der Waals surface area contributed by atoms with E-state index in [2.05, 4.69) is 16.0 Å². The van der Waals surface area contributed by atoms with Crippen LogP contribution in [0, 0.1) is 11.3 Å². The zero-order valence-electron chi connectivity index (χ0n) is 8.27. The molecular weight excluding hydrogens is 218 g/mol. The van der Waals surface area contributed by atoms with Gasteiger partial charge in [-0.05, 0) is 29.6 Å². The Balaban J connectivity index is 2.20. The second-order valence-electron chi connectivity index (χ2n) is 3.41. The molecule has 0 aliphatic heterocycles. The fraction of sp³-hybridized carbons (Fsp3) is 0. The molecular formula is C12H7N3S. The molecule has 3 rings (SSSR count). The Morgan fingerprint density at radius 3 is 3.00 bits per heavy atom. The molecule has 1 aromatic carbocycles. The van der Waals surface area contributed by atoms with Gasteiger partial charge in [-0.15, -0.1) is 11.3 Å². The number of imidazole rings is 1. The maximum atomic E-state index is 8.81. The summed E-state index contributed by atoms with van der Waals surface area (Å²) in [6, 6.07) is 11.6. The third-order valence-electron chi connectivity index (χ3n) is 2.37. The molecule has 0 aliphatic rings. The molecule has 0 bridgehead atoms. The van der Waals surface area contributed by atoms with E-state index in [1.165, 1.54) is 0 Å². The predicted octanol–water partition coefficient (Wildman–Crippen LogP) is 3.16. The van der Waals surface area contributed by atoms with Gasteiger partial charge in [-0.2, -0.15) is 5.26 Å².